The molecular weight excluding hydrogens is 599 g/mol. The third kappa shape index (κ3) is 4.66. The molecule has 0 nitrogen and oxygen atoms in total. The number of fused-ring (bicyclic) bond motifs is 8. The first-order chi connectivity index (χ1) is 16.6. The van der Waals surface area contributed by atoms with Gasteiger partial charge in [-0.05, 0) is 0 Å². The quantitative estimate of drug-likeness (QED) is 0.437. The number of allylic oxidation sites excluding steroid dienone is 2. The molecule has 0 radical (unpaired) electrons. The fourth-order valence-electron chi connectivity index (χ4n) is 7.58. The van der Waals surface area contributed by atoms with Gasteiger partial charge in [0.25, 0.3) is 0 Å². The third-order valence-corrected chi connectivity index (χ3v) is 17.2. The summed E-state index contributed by atoms with van der Waals surface area (Å²) in [6.07, 6.45) is 0. The van der Waals surface area contributed by atoms with Gasteiger partial charge in [0.2, 0.25) is 0 Å². The zero-order valence-corrected chi connectivity index (χ0v) is 30.5. The smallest absolute Gasteiger partial charge is 1.00 e. The maximum atomic E-state index is 2.72. The summed E-state index contributed by atoms with van der Waals surface area (Å²) in [5, 5.41) is 3.65. The zero-order valence-electron chi connectivity index (χ0n) is 25.5. The summed E-state index contributed by atoms with van der Waals surface area (Å²) >= 11 is -0.882. The molecule has 2 aromatic rings. The van der Waals surface area contributed by atoms with Gasteiger partial charge in [-0.2, -0.15) is 0 Å². The van der Waals surface area contributed by atoms with Gasteiger partial charge in [0.05, 0.1) is 0 Å². The van der Waals surface area contributed by atoms with Crippen LogP contribution in [0, 0.1) is 11.8 Å². The first-order valence-corrected chi connectivity index (χ1v) is 19.9. The van der Waals surface area contributed by atoms with E-state index in [1.807, 2.05) is 21.5 Å². The Morgan fingerprint density at radius 1 is 0.632 bits per heavy atom. The molecule has 38 heavy (non-hydrogen) atoms. The Hall–Kier alpha value is -0.400. The summed E-state index contributed by atoms with van der Waals surface area (Å²) < 4.78 is 1.41. The second-order valence-electron chi connectivity index (χ2n) is 14.7. The molecule has 0 saturated carbocycles. The molecular formula is C34H46Cl2SiZr. The summed E-state index contributed by atoms with van der Waals surface area (Å²) in [6.45, 7) is 29.9. The predicted octanol–water partition coefficient (Wildman–Crippen LogP) is 3.80. The molecule has 1 heterocycles. The van der Waals surface area contributed by atoms with Gasteiger partial charge in [0.1, 0.15) is 0 Å². The Bertz CT molecular complexity index is 1220. The first-order valence-electron chi connectivity index (χ1n) is 14.1. The van der Waals surface area contributed by atoms with Crippen molar-refractivity contribution in [3.8, 4) is 0 Å². The molecule has 2 aromatic carbocycles. The van der Waals surface area contributed by atoms with Crippen LogP contribution in [0.1, 0.15) is 110 Å². The van der Waals surface area contributed by atoms with Gasteiger partial charge in [-0.1, -0.05) is 0 Å². The van der Waals surface area contributed by atoms with Gasteiger partial charge in [0, 0.05) is 0 Å². The van der Waals surface area contributed by atoms with Crippen LogP contribution >= 0.6 is 0 Å². The van der Waals surface area contributed by atoms with E-state index in [0.717, 1.165) is 0 Å². The molecule has 2 atom stereocenters. The molecule has 4 bridgehead atoms. The summed E-state index contributed by atoms with van der Waals surface area (Å²) in [5.41, 5.74) is 14.0. The van der Waals surface area contributed by atoms with Crippen LogP contribution in [0.4, 0.5) is 0 Å². The Morgan fingerprint density at radius 2 is 0.974 bits per heavy atom. The number of rotatable bonds is 2. The van der Waals surface area contributed by atoms with Crippen molar-refractivity contribution < 1.29 is 48.0 Å². The molecule has 5 rings (SSSR count). The van der Waals surface area contributed by atoms with Crippen molar-refractivity contribution in [1.82, 2.24) is 0 Å². The van der Waals surface area contributed by atoms with Gasteiger partial charge in [-0.3, -0.25) is 0 Å². The van der Waals surface area contributed by atoms with Crippen LogP contribution in [0.2, 0.25) is 13.1 Å². The van der Waals surface area contributed by atoms with Gasteiger partial charge in [0.15, 0.2) is 0 Å². The summed E-state index contributed by atoms with van der Waals surface area (Å²) in [4.78, 5) is 0. The van der Waals surface area contributed by atoms with Crippen molar-refractivity contribution in [2.75, 3.05) is 0 Å². The van der Waals surface area contributed by atoms with E-state index in [0.29, 0.717) is 19.1 Å². The molecule has 0 N–H and O–H groups in total. The minimum atomic E-state index is -2.04. The molecule has 1 aliphatic heterocycles. The van der Waals surface area contributed by atoms with Crippen molar-refractivity contribution in [3.05, 3.63) is 80.9 Å². The Balaban J connectivity index is 0.00000200. The van der Waals surface area contributed by atoms with Crippen molar-refractivity contribution in [3.63, 3.8) is 0 Å². The molecule has 2 aliphatic carbocycles. The summed E-state index contributed by atoms with van der Waals surface area (Å²) in [5.74, 6) is 1.23. The molecule has 0 saturated heterocycles. The van der Waals surface area contributed by atoms with Gasteiger partial charge in [-0.15, -0.1) is 0 Å². The van der Waals surface area contributed by atoms with Crippen LogP contribution in [0.3, 0.4) is 0 Å². The number of benzene rings is 2. The summed E-state index contributed by atoms with van der Waals surface area (Å²) in [7, 11) is -2.04. The van der Waals surface area contributed by atoms with Gasteiger partial charge < -0.3 is 24.8 Å². The topological polar surface area (TPSA) is 0 Å². The summed E-state index contributed by atoms with van der Waals surface area (Å²) in [6, 6.07) is 14.7. The van der Waals surface area contributed by atoms with Gasteiger partial charge in [-0.25, -0.2) is 0 Å². The van der Waals surface area contributed by atoms with Crippen LogP contribution in [0.15, 0.2) is 47.5 Å². The number of hydrogen-bond acceptors (Lipinski definition) is 0. The molecule has 3 aliphatic rings. The zero-order chi connectivity index (χ0) is 26.5. The molecule has 0 fully saturated rings. The van der Waals surface area contributed by atoms with E-state index in [4.69, 9.17) is 0 Å². The average Bonchev–Trinajstić information content (AvgIpc) is 3.27. The monoisotopic (exact) mass is 642 g/mol. The molecule has 0 amide bonds. The SMILES string of the molecule is CC(C)C1=C2c3c(cccc3C(C)(C)C)[CH]1[Zr+2][CH]1C(C(C)C)=C(c3c1cccc3C(C)(C)C)[Si]2(C)C.[Cl-].[Cl-]. The van der Waals surface area contributed by atoms with E-state index < -0.39 is 31.3 Å². The minimum absolute atomic E-state index is 0. The van der Waals surface area contributed by atoms with Crippen LogP contribution < -0.4 is 24.8 Å². The molecule has 2 unspecified atom stereocenters. The molecule has 0 aromatic heterocycles. The van der Waals surface area contributed by atoms with E-state index in [-0.39, 0.29) is 35.6 Å². The van der Waals surface area contributed by atoms with Crippen molar-refractivity contribution in [1.29, 1.82) is 0 Å². The van der Waals surface area contributed by atoms with E-state index in [1.54, 1.807) is 33.4 Å². The Labute approximate surface area is 258 Å². The van der Waals surface area contributed by atoms with E-state index >= 15 is 0 Å². The van der Waals surface area contributed by atoms with Crippen molar-refractivity contribution in [2.45, 2.75) is 100 Å². The Kier molecular flexibility index (Phi) is 8.84. The standard InChI is InChI=1S/C34H46Si.2ClH.Zr/c1-21(2)25-19-23-15-13-17-27(33(5,6)7)29(23)31(25)35(11,12)32-26(22(3)4)20-24-16-14-18-28(30(24)32)34(8,9)10;;;/h13-22H,1-12H3;2*1H;/q;;;+2/p-2. The largest absolute Gasteiger partial charge is 1.00 e. The number of halogens is 2. The Morgan fingerprint density at radius 3 is 1.26 bits per heavy atom. The van der Waals surface area contributed by atoms with Crippen molar-refractivity contribution >= 4 is 18.5 Å². The molecule has 4 heteroatoms. The van der Waals surface area contributed by atoms with E-state index in [2.05, 4.69) is 119 Å². The second kappa shape index (κ2) is 10.5. The van der Waals surface area contributed by atoms with E-state index in [1.165, 1.54) is 0 Å². The second-order valence-corrected chi connectivity index (χ2v) is 22.6. The van der Waals surface area contributed by atoms with Crippen LogP contribution in [0.25, 0.3) is 10.4 Å². The average molecular weight is 645 g/mol. The maximum absolute atomic E-state index is 2.72. The first kappa shape index (κ1) is 32.1. The minimum Gasteiger partial charge on any atom is -1.00 e. The van der Waals surface area contributed by atoms with Crippen LogP contribution in [-0.2, 0) is 34.1 Å². The van der Waals surface area contributed by atoms with Crippen LogP contribution in [0.5, 0.6) is 0 Å². The number of hydrogen-bond donors (Lipinski definition) is 0. The maximum Gasteiger partial charge on any atom is -1.00 e. The normalized spacial score (nSPS) is 21.2. The van der Waals surface area contributed by atoms with Gasteiger partial charge >= 0.3 is 235 Å². The third-order valence-electron chi connectivity index (χ3n) is 8.96. The molecule has 0 spiro atoms. The molecule has 204 valence electrons. The van der Waals surface area contributed by atoms with Crippen molar-refractivity contribution in [2.24, 2.45) is 11.8 Å². The van der Waals surface area contributed by atoms with E-state index in [9.17, 15) is 0 Å². The predicted molar refractivity (Wildman–Crippen MR) is 157 cm³/mol. The fraction of sp³-hybridized carbons (Fsp3) is 0.529. The van der Waals surface area contributed by atoms with Crippen LogP contribution in [-0.4, -0.2) is 8.07 Å². The fourth-order valence-corrected chi connectivity index (χ4v) is 18.8.